The summed E-state index contributed by atoms with van der Waals surface area (Å²) in [7, 11) is 0. The Labute approximate surface area is 724 Å². The molecule has 1 unspecified atom stereocenters. The zero-order valence-corrected chi connectivity index (χ0v) is 76.1. The van der Waals surface area contributed by atoms with Crippen molar-refractivity contribution in [1.82, 2.24) is 0 Å². The monoisotopic (exact) mass is 1590 g/mol. The van der Waals surface area contributed by atoms with Crippen molar-refractivity contribution in [1.29, 1.82) is 0 Å². The second-order valence-electron chi connectivity index (χ2n) is 37.4. The third kappa shape index (κ3) is 20.8. The van der Waals surface area contributed by atoms with Gasteiger partial charge in [0.25, 0.3) is 0 Å². The molecule has 0 bridgehead atoms. The molecule has 3 aliphatic rings. The van der Waals surface area contributed by atoms with Crippen LogP contribution < -0.4 is 9.80 Å². The van der Waals surface area contributed by atoms with E-state index in [0.29, 0.717) is 5.92 Å². The van der Waals surface area contributed by atoms with Gasteiger partial charge in [-0.2, -0.15) is 0 Å². The third-order valence-corrected chi connectivity index (χ3v) is 28.9. The lowest BCUT2D eigenvalue weighted by molar-refractivity contribution is 0.397. The standard InChI is InChI=1S/C117H152N2/c1-11-18-24-30-36-44-78-115(79-45-37-31-25-19-12-2)109-51-43-42-50-103(109)104-74-61-95(85-111(104)115)92-56-67-99(68-57-92)118(97-63-52-89(8)53-64-97)101-71-76-107-108-77-72-102(88-114(108)117(113(107)87-101,82-48-40-34-28-22-15-5)83-49-41-35-29-23-16-6)119(98-65-54-90(9)55-66-98)100-69-58-93(59-70-100)96-62-75-106-105-73-60-94(91(10)17-7)84-110(105)116(112(106)86-96,80-46-38-32-26-20-13-3)81-47-39-33-27-21-14-4/h42-43,50-77,84-88,91H,11-41,44-49,78-83H2,1-10H3. The van der Waals surface area contributed by atoms with Crippen LogP contribution in [0.1, 0.15) is 387 Å². The van der Waals surface area contributed by atoms with Gasteiger partial charge in [0.05, 0.1) is 0 Å². The molecule has 2 nitrogen and oxygen atoms in total. The van der Waals surface area contributed by atoms with Crippen LogP contribution in [-0.2, 0) is 16.2 Å². The Morgan fingerprint density at radius 1 is 0.218 bits per heavy atom. The van der Waals surface area contributed by atoms with Gasteiger partial charge in [0, 0.05) is 50.4 Å². The highest BCUT2D eigenvalue weighted by atomic mass is 15.1. The van der Waals surface area contributed by atoms with E-state index >= 15 is 0 Å². The number of hydrogen-bond acceptors (Lipinski definition) is 2. The lowest BCUT2D eigenvalue weighted by Gasteiger charge is -2.35. The van der Waals surface area contributed by atoms with E-state index in [1.54, 1.807) is 22.3 Å². The number of hydrogen-bond donors (Lipinski definition) is 0. The second kappa shape index (κ2) is 44.0. The van der Waals surface area contributed by atoms with E-state index in [9.17, 15) is 0 Å². The summed E-state index contributed by atoms with van der Waals surface area (Å²) in [4.78, 5) is 5.17. The van der Waals surface area contributed by atoms with Crippen molar-refractivity contribution in [3.8, 4) is 55.6 Å². The van der Waals surface area contributed by atoms with Crippen LogP contribution in [-0.4, -0.2) is 0 Å². The van der Waals surface area contributed by atoms with Crippen LogP contribution in [0, 0.1) is 13.8 Å². The molecule has 0 saturated carbocycles. The quantitative estimate of drug-likeness (QED) is 0.0351. The molecule has 0 radical (unpaired) electrons. The number of anilines is 6. The van der Waals surface area contributed by atoms with E-state index in [4.69, 9.17) is 0 Å². The minimum Gasteiger partial charge on any atom is -0.310 e. The summed E-state index contributed by atoms with van der Waals surface area (Å²) in [5.74, 6) is 0.540. The molecule has 0 aliphatic heterocycles. The van der Waals surface area contributed by atoms with E-state index < -0.39 is 0 Å². The number of unbranched alkanes of at least 4 members (excludes halogenated alkanes) is 30. The fraction of sp³-hybridized carbons (Fsp3) is 0.487. The van der Waals surface area contributed by atoms with Crippen molar-refractivity contribution >= 4 is 34.1 Å². The highest BCUT2D eigenvalue weighted by Crippen LogP contribution is 2.60. The Morgan fingerprint density at radius 3 is 0.790 bits per heavy atom. The molecule has 0 heterocycles. The van der Waals surface area contributed by atoms with Gasteiger partial charge in [-0.15, -0.1) is 0 Å². The van der Waals surface area contributed by atoms with Gasteiger partial charge >= 0.3 is 0 Å². The maximum atomic E-state index is 2.69. The molecule has 2 heteroatoms. The summed E-state index contributed by atoms with van der Waals surface area (Å²) >= 11 is 0. The SMILES string of the molecule is CCCCCCCCC1(CCCCCCCC)c2ccccc2-c2ccc(-c3ccc(N(c4ccc(C)cc4)c4ccc5c(c4)C(CCCCCCCC)(CCCCCCCC)c4cc(N(c6ccc(C)cc6)c6ccc(-c7ccc8c(c7)C(CCCCCCCC)(CCCCCCCC)c7cc(C(C)CC)ccc7-8)cc6)ccc4-5)cc3)cc21. The summed E-state index contributed by atoms with van der Waals surface area (Å²) in [6.45, 7) is 23.4. The van der Waals surface area contributed by atoms with Gasteiger partial charge in [-0.05, 0) is 244 Å². The summed E-state index contributed by atoms with van der Waals surface area (Å²) in [5, 5.41) is 0. The first-order chi connectivity index (χ1) is 58.5. The molecule has 10 aromatic carbocycles. The number of benzene rings is 10. The molecule has 0 N–H and O–H groups in total. The zero-order chi connectivity index (χ0) is 82.8. The molecule has 0 fully saturated rings. The van der Waals surface area contributed by atoms with Crippen molar-refractivity contribution in [2.75, 3.05) is 9.80 Å². The molecular formula is C117H152N2. The molecular weight excluding hydrogens is 1430 g/mol. The molecule has 119 heavy (non-hydrogen) atoms. The van der Waals surface area contributed by atoms with Gasteiger partial charge in [-0.3, -0.25) is 0 Å². The Kier molecular flexibility index (Phi) is 32.8. The van der Waals surface area contributed by atoms with Crippen molar-refractivity contribution in [3.63, 3.8) is 0 Å². The van der Waals surface area contributed by atoms with Crippen LogP contribution in [0.4, 0.5) is 34.1 Å². The predicted molar refractivity (Wildman–Crippen MR) is 521 cm³/mol. The fourth-order valence-corrected chi connectivity index (χ4v) is 21.7. The Bertz CT molecular complexity index is 4710. The van der Waals surface area contributed by atoms with Crippen LogP contribution in [0.3, 0.4) is 0 Å². The first-order valence-electron chi connectivity index (χ1n) is 49.2. The molecule has 0 saturated heterocycles. The Balaban J connectivity index is 0.878. The van der Waals surface area contributed by atoms with Crippen LogP contribution in [0.5, 0.6) is 0 Å². The third-order valence-electron chi connectivity index (χ3n) is 28.9. The molecule has 13 rings (SSSR count). The lowest BCUT2D eigenvalue weighted by atomic mass is 9.69. The Hall–Kier alpha value is -8.20. The average Bonchev–Trinajstić information content (AvgIpc) is 1.57. The highest BCUT2D eigenvalue weighted by molar-refractivity contribution is 5.91. The summed E-state index contributed by atoms with van der Waals surface area (Å²) in [6.07, 6.45) is 55.4. The molecule has 10 aromatic rings. The van der Waals surface area contributed by atoms with Gasteiger partial charge in [0.1, 0.15) is 0 Å². The second-order valence-corrected chi connectivity index (χ2v) is 37.4. The predicted octanol–water partition coefficient (Wildman–Crippen LogP) is 37.4. The van der Waals surface area contributed by atoms with Crippen LogP contribution in [0.2, 0.25) is 0 Å². The van der Waals surface area contributed by atoms with Gasteiger partial charge in [0.15, 0.2) is 0 Å². The molecule has 3 aliphatic carbocycles. The molecule has 1 atom stereocenters. The van der Waals surface area contributed by atoms with E-state index in [0.717, 1.165) is 19.3 Å². The minimum atomic E-state index is -0.188. The highest BCUT2D eigenvalue weighted by Gasteiger charge is 2.46. The number of aryl methyl sites for hydroxylation is 2. The number of nitrogens with zero attached hydrogens (tertiary/aromatic N) is 2. The normalized spacial score (nSPS) is 13.9. The van der Waals surface area contributed by atoms with E-state index in [1.807, 2.05) is 0 Å². The van der Waals surface area contributed by atoms with E-state index in [1.165, 1.54) is 374 Å². The van der Waals surface area contributed by atoms with Crippen LogP contribution in [0.25, 0.3) is 55.6 Å². The van der Waals surface area contributed by atoms with Crippen LogP contribution >= 0.6 is 0 Å². The van der Waals surface area contributed by atoms with Gasteiger partial charge in [-0.25, -0.2) is 0 Å². The topological polar surface area (TPSA) is 6.48 Å². The molecule has 0 aromatic heterocycles. The largest absolute Gasteiger partial charge is 0.310 e. The summed E-state index contributed by atoms with van der Waals surface area (Å²) in [6, 6.07) is 86.2. The van der Waals surface area contributed by atoms with Gasteiger partial charge < -0.3 is 9.80 Å². The Morgan fingerprint density at radius 2 is 0.462 bits per heavy atom. The summed E-state index contributed by atoms with van der Waals surface area (Å²) in [5.41, 5.74) is 34.5. The van der Waals surface area contributed by atoms with Crippen LogP contribution in [0.15, 0.2) is 212 Å². The van der Waals surface area contributed by atoms with E-state index in [-0.39, 0.29) is 16.2 Å². The molecule has 0 amide bonds. The minimum absolute atomic E-state index is 0.00969. The molecule has 630 valence electrons. The fourth-order valence-electron chi connectivity index (χ4n) is 21.7. The first kappa shape index (κ1) is 88.6. The zero-order valence-electron chi connectivity index (χ0n) is 76.1. The summed E-state index contributed by atoms with van der Waals surface area (Å²) < 4.78 is 0. The average molecular weight is 1590 g/mol. The maximum Gasteiger partial charge on any atom is 0.0465 e. The van der Waals surface area contributed by atoms with Crippen molar-refractivity contribution in [2.45, 2.75) is 367 Å². The van der Waals surface area contributed by atoms with Gasteiger partial charge in [0.2, 0.25) is 0 Å². The lowest BCUT2D eigenvalue weighted by Crippen LogP contribution is -2.26. The van der Waals surface area contributed by atoms with Crippen molar-refractivity contribution in [3.05, 3.63) is 262 Å². The van der Waals surface area contributed by atoms with E-state index in [2.05, 4.69) is 291 Å². The van der Waals surface area contributed by atoms with Crippen molar-refractivity contribution < 1.29 is 0 Å². The van der Waals surface area contributed by atoms with Gasteiger partial charge in [-0.1, -0.05) is 425 Å². The van der Waals surface area contributed by atoms with Crippen molar-refractivity contribution in [2.24, 2.45) is 0 Å². The molecule has 0 spiro atoms. The smallest absolute Gasteiger partial charge is 0.0465 e. The number of rotatable bonds is 52. The number of fused-ring (bicyclic) bond motifs is 9. The first-order valence-corrected chi connectivity index (χ1v) is 49.2. The maximum absolute atomic E-state index is 2.69.